The SMILES string of the molecule is CNC/C=C\CC1CCCCS1(=O)=O. The van der Waals surface area contributed by atoms with Crippen LogP contribution >= 0.6 is 0 Å². The van der Waals surface area contributed by atoms with Gasteiger partial charge in [0.25, 0.3) is 0 Å². The number of likely N-dealkylation sites (N-methyl/N-ethyl adjacent to an activating group) is 1. The fourth-order valence-electron chi connectivity index (χ4n) is 1.74. The molecule has 0 aromatic heterocycles. The minimum atomic E-state index is -2.78. The standard InChI is InChI=1S/C10H19NO2S/c1-11-8-4-2-6-10-7-3-5-9-14(10,12)13/h2,4,10-11H,3,5-9H2,1H3/b4-2-. The van der Waals surface area contributed by atoms with E-state index in [1.165, 1.54) is 0 Å². The summed E-state index contributed by atoms with van der Waals surface area (Å²) in [5.74, 6) is 0.386. The molecule has 0 aromatic carbocycles. The third-order valence-corrected chi connectivity index (χ3v) is 4.90. The van der Waals surface area contributed by atoms with Crippen LogP contribution in [-0.4, -0.2) is 33.0 Å². The van der Waals surface area contributed by atoms with E-state index in [0.717, 1.165) is 25.8 Å². The molecule has 4 heteroatoms. The van der Waals surface area contributed by atoms with Gasteiger partial charge < -0.3 is 5.32 Å². The Morgan fingerprint density at radius 3 is 2.79 bits per heavy atom. The lowest BCUT2D eigenvalue weighted by Gasteiger charge is -2.20. The van der Waals surface area contributed by atoms with Crippen LogP contribution in [0.3, 0.4) is 0 Å². The van der Waals surface area contributed by atoms with Crippen LogP contribution < -0.4 is 5.32 Å². The summed E-state index contributed by atoms with van der Waals surface area (Å²) >= 11 is 0. The first-order valence-electron chi connectivity index (χ1n) is 5.18. The maximum absolute atomic E-state index is 11.6. The van der Waals surface area contributed by atoms with Crippen molar-refractivity contribution in [3.63, 3.8) is 0 Å². The predicted octanol–water partition coefficient (Wildman–Crippen LogP) is 1.12. The fourth-order valence-corrected chi connectivity index (χ4v) is 3.61. The van der Waals surface area contributed by atoms with Crippen molar-refractivity contribution in [2.24, 2.45) is 0 Å². The van der Waals surface area contributed by atoms with Gasteiger partial charge in [0.15, 0.2) is 9.84 Å². The van der Waals surface area contributed by atoms with Crippen molar-refractivity contribution in [1.82, 2.24) is 5.32 Å². The largest absolute Gasteiger partial charge is 0.316 e. The first kappa shape index (κ1) is 11.7. The highest BCUT2D eigenvalue weighted by atomic mass is 32.2. The summed E-state index contributed by atoms with van der Waals surface area (Å²) in [7, 11) is -0.906. The van der Waals surface area contributed by atoms with Crippen molar-refractivity contribution >= 4 is 9.84 Å². The van der Waals surface area contributed by atoms with Crippen molar-refractivity contribution in [3.8, 4) is 0 Å². The minimum Gasteiger partial charge on any atom is -0.316 e. The van der Waals surface area contributed by atoms with Crippen LogP contribution in [0.2, 0.25) is 0 Å². The molecule has 1 aliphatic rings. The lowest BCUT2D eigenvalue weighted by Crippen LogP contribution is -2.27. The zero-order chi connectivity index (χ0) is 10.4. The molecule has 1 N–H and O–H groups in total. The molecule has 0 saturated carbocycles. The third kappa shape index (κ3) is 3.42. The van der Waals surface area contributed by atoms with E-state index in [9.17, 15) is 8.42 Å². The van der Waals surface area contributed by atoms with Crippen molar-refractivity contribution < 1.29 is 8.42 Å². The van der Waals surface area contributed by atoms with Crippen LogP contribution in [0.15, 0.2) is 12.2 Å². The number of hydrogen-bond donors (Lipinski definition) is 1. The molecular formula is C10H19NO2S. The second-order valence-corrected chi connectivity index (χ2v) is 6.15. The molecule has 14 heavy (non-hydrogen) atoms. The molecule has 1 unspecified atom stereocenters. The lowest BCUT2D eigenvalue weighted by atomic mass is 10.1. The molecule has 82 valence electrons. The van der Waals surface area contributed by atoms with Crippen molar-refractivity contribution in [2.45, 2.75) is 30.9 Å². The second-order valence-electron chi connectivity index (χ2n) is 3.75. The fraction of sp³-hybridized carbons (Fsp3) is 0.800. The number of allylic oxidation sites excluding steroid dienone is 1. The van der Waals surface area contributed by atoms with Crippen LogP contribution in [0.25, 0.3) is 0 Å². The van der Waals surface area contributed by atoms with Gasteiger partial charge in [-0.25, -0.2) is 8.42 Å². The Morgan fingerprint density at radius 1 is 1.36 bits per heavy atom. The van der Waals surface area contributed by atoms with Gasteiger partial charge in [-0.1, -0.05) is 18.6 Å². The Hall–Kier alpha value is -0.350. The molecule has 0 bridgehead atoms. The van der Waals surface area contributed by atoms with Gasteiger partial charge in [-0.15, -0.1) is 0 Å². The quantitative estimate of drug-likeness (QED) is 0.718. The summed E-state index contributed by atoms with van der Waals surface area (Å²) in [6, 6.07) is 0. The zero-order valence-corrected chi connectivity index (χ0v) is 9.52. The van der Waals surface area contributed by atoms with Gasteiger partial charge in [0, 0.05) is 6.54 Å². The summed E-state index contributed by atoms with van der Waals surface area (Å²) in [5.41, 5.74) is 0. The second kappa shape index (κ2) is 5.51. The Labute approximate surface area is 86.5 Å². The molecule has 1 fully saturated rings. The van der Waals surface area contributed by atoms with E-state index in [4.69, 9.17) is 0 Å². The van der Waals surface area contributed by atoms with E-state index in [0.29, 0.717) is 12.2 Å². The van der Waals surface area contributed by atoms with Crippen LogP contribution in [0.5, 0.6) is 0 Å². The molecule has 0 amide bonds. The molecule has 1 heterocycles. The van der Waals surface area contributed by atoms with E-state index in [-0.39, 0.29) is 5.25 Å². The van der Waals surface area contributed by atoms with E-state index in [1.807, 2.05) is 19.2 Å². The average molecular weight is 217 g/mol. The Balaban J connectivity index is 2.42. The average Bonchev–Trinajstić information content (AvgIpc) is 2.14. The number of rotatable bonds is 4. The lowest BCUT2D eigenvalue weighted by molar-refractivity contribution is 0.540. The molecule has 1 rings (SSSR count). The summed E-state index contributed by atoms with van der Waals surface area (Å²) < 4.78 is 23.2. The molecule has 3 nitrogen and oxygen atoms in total. The maximum Gasteiger partial charge on any atom is 0.153 e. The van der Waals surface area contributed by atoms with E-state index < -0.39 is 9.84 Å². The minimum absolute atomic E-state index is 0.121. The summed E-state index contributed by atoms with van der Waals surface area (Å²) in [6.07, 6.45) is 7.40. The Bertz CT molecular complexity index is 282. The van der Waals surface area contributed by atoms with Crippen molar-refractivity contribution in [1.29, 1.82) is 0 Å². The van der Waals surface area contributed by atoms with Gasteiger partial charge in [0.1, 0.15) is 0 Å². The van der Waals surface area contributed by atoms with Gasteiger partial charge in [-0.05, 0) is 26.3 Å². The van der Waals surface area contributed by atoms with Crippen LogP contribution in [0.4, 0.5) is 0 Å². The number of hydrogen-bond acceptors (Lipinski definition) is 3. The van der Waals surface area contributed by atoms with Gasteiger partial charge >= 0.3 is 0 Å². The van der Waals surface area contributed by atoms with Gasteiger partial charge in [-0.3, -0.25) is 0 Å². The molecule has 0 spiro atoms. The maximum atomic E-state index is 11.6. The number of sulfone groups is 1. The summed E-state index contributed by atoms with van der Waals surface area (Å²) in [4.78, 5) is 0. The van der Waals surface area contributed by atoms with E-state index in [1.54, 1.807) is 0 Å². The van der Waals surface area contributed by atoms with E-state index in [2.05, 4.69) is 5.32 Å². The highest BCUT2D eigenvalue weighted by Crippen LogP contribution is 2.22. The topological polar surface area (TPSA) is 46.2 Å². The van der Waals surface area contributed by atoms with E-state index >= 15 is 0 Å². The molecule has 0 aliphatic carbocycles. The Morgan fingerprint density at radius 2 is 2.14 bits per heavy atom. The first-order valence-corrected chi connectivity index (χ1v) is 6.89. The van der Waals surface area contributed by atoms with Gasteiger partial charge in [-0.2, -0.15) is 0 Å². The molecule has 0 aromatic rings. The van der Waals surface area contributed by atoms with Crippen LogP contribution in [0, 0.1) is 0 Å². The predicted molar refractivity (Wildman–Crippen MR) is 59.1 cm³/mol. The molecule has 1 saturated heterocycles. The third-order valence-electron chi connectivity index (χ3n) is 2.60. The summed E-state index contributed by atoms with van der Waals surface area (Å²) in [6.45, 7) is 0.812. The molecule has 1 atom stereocenters. The Kier molecular flexibility index (Phi) is 4.62. The zero-order valence-electron chi connectivity index (χ0n) is 8.70. The molecular weight excluding hydrogens is 198 g/mol. The molecule has 1 aliphatic heterocycles. The van der Waals surface area contributed by atoms with Crippen LogP contribution in [-0.2, 0) is 9.84 Å². The highest BCUT2D eigenvalue weighted by Gasteiger charge is 2.27. The first-order chi connectivity index (χ1) is 6.67. The number of nitrogens with one attached hydrogen (secondary N) is 1. The van der Waals surface area contributed by atoms with Crippen molar-refractivity contribution in [2.75, 3.05) is 19.3 Å². The molecule has 0 radical (unpaired) electrons. The summed E-state index contributed by atoms with van der Waals surface area (Å²) in [5, 5.41) is 2.87. The highest BCUT2D eigenvalue weighted by molar-refractivity contribution is 7.92. The normalized spacial score (nSPS) is 26.8. The van der Waals surface area contributed by atoms with Crippen LogP contribution in [0.1, 0.15) is 25.7 Å². The van der Waals surface area contributed by atoms with Gasteiger partial charge in [0.05, 0.1) is 11.0 Å². The van der Waals surface area contributed by atoms with Gasteiger partial charge in [0.2, 0.25) is 0 Å². The smallest absolute Gasteiger partial charge is 0.153 e. The van der Waals surface area contributed by atoms with Crippen molar-refractivity contribution in [3.05, 3.63) is 12.2 Å². The monoisotopic (exact) mass is 217 g/mol.